The third-order valence-electron chi connectivity index (χ3n) is 1.51. The summed E-state index contributed by atoms with van der Waals surface area (Å²) in [7, 11) is 0. The van der Waals surface area contributed by atoms with E-state index in [1.54, 1.807) is 0 Å². The minimum absolute atomic E-state index is 0.340. The SMILES string of the molecule is O=CC(O)C(O)(F)C(O)C(O)CO. The molecule has 0 aliphatic heterocycles. The first-order chi connectivity index (χ1) is 5.87. The second kappa shape index (κ2) is 4.58. The van der Waals surface area contributed by atoms with Crippen LogP contribution in [0.1, 0.15) is 0 Å². The van der Waals surface area contributed by atoms with Crippen LogP contribution in [0.2, 0.25) is 0 Å². The van der Waals surface area contributed by atoms with Gasteiger partial charge in [-0.3, -0.25) is 0 Å². The van der Waals surface area contributed by atoms with E-state index in [2.05, 4.69) is 0 Å². The molecule has 0 aromatic rings. The summed E-state index contributed by atoms with van der Waals surface area (Å²) in [5.41, 5.74) is 0. The highest BCUT2D eigenvalue weighted by Crippen LogP contribution is 2.19. The number of rotatable bonds is 5. The van der Waals surface area contributed by atoms with Gasteiger partial charge in [-0.05, 0) is 0 Å². The molecule has 0 radical (unpaired) electrons. The van der Waals surface area contributed by atoms with Crippen LogP contribution in [-0.2, 0) is 4.79 Å². The lowest BCUT2D eigenvalue weighted by Gasteiger charge is -2.28. The van der Waals surface area contributed by atoms with Gasteiger partial charge >= 0.3 is 0 Å². The highest BCUT2D eigenvalue weighted by Gasteiger charge is 2.46. The molecular weight excluding hydrogens is 187 g/mol. The van der Waals surface area contributed by atoms with Gasteiger partial charge in [0.2, 0.25) is 0 Å². The van der Waals surface area contributed by atoms with Crippen LogP contribution < -0.4 is 0 Å². The van der Waals surface area contributed by atoms with Crippen LogP contribution in [0.4, 0.5) is 4.39 Å². The molecule has 0 saturated heterocycles. The molecule has 7 heteroatoms. The lowest BCUT2D eigenvalue weighted by Crippen LogP contribution is -2.55. The zero-order valence-corrected chi connectivity index (χ0v) is 6.54. The summed E-state index contributed by atoms with van der Waals surface area (Å²) in [6.07, 6.45) is -7.26. The Hall–Kier alpha value is -0.600. The maximum absolute atomic E-state index is 12.9. The van der Waals surface area contributed by atoms with Gasteiger partial charge in [-0.15, -0.1) is 0 Å². The monoisotopic (exact) mass is 198 g/mol. The Morgan fingerprint density at radius 2 is 1.85 bits per heavy atom. The van der Waals surface area contributed by atoms with Crippen molar-refractivity contribution in [2.75, 3.05) is 6.61 Å². The molecule has 13 heavy (non-hydrogen) atoms. The number of carbonyl (C=O) groups is 1. The van der Waals surface area contributed by atoms with E-state index in [9.17, 15) is 9.18 Å². The Labute approximate surface area is 72.9 Å². The molecule has 0 rings (SSSR count). The maximum atomic E-state index is 12.9. The van der Waals surface area contributed by atoms with E-state index in [0.717, 1.165) is 0 Å². The number of aliphatic hydroxyl groups excluding tert-OH is 4. The largest absolute Gasteiger partial charge is 0.394 e. The Bertz CT molecular complexity index is 173. The van der Waals surface area contributed by atoms with E-state index >= 15 is 0 Å². The molecule has 5 N–H and O–H groups in total. The van der Waals surface area contributed by atoms with Crippen LogP contribution in [-0.4, -0.2) is 62.6 Å². The van der Waals surface area contributed by atoms with Gasteiger partial charge in [0.15, 0.2) is 12.4 Å². The molecule has 0 heterocycles. The summed E-state index contributed by atoms with van der Waals surface area (Å²) < 4.78 is 12.9. The lowest BCUT2D eigenvalue weighted by atomic mass is 10.0. The number of hydrogen-bond acceptors (Lipinski definition) is 6. The fourth-order valence-electron chi connectivity index (χ4n) is 0.640. The zero-order chi connectivity index (χ0) is 10.6. The molecule has 0 aromatic carbocycles. The minimum atomic E-state index is -3.68. The highest BCUT2D eigenvalue weighted by molar-refractivity contribution is 5.57. The van der Waals surface area contributed by atoms with Crippen molar-refractivity contribution < 1.29 is 34.7 Å². The number of halogens is 1. The Morgan fingerprint density at radius 3 is 2.15 bits per heavy atom. The Kier molecular flexibility index (Phi) is 4.37. The van der Waals surface area contributed by atoms with Gasteiger partial charge < -0.3 is 30.3 Å². The molecule has 0 saturated carbocycles. The van der Waals surface area contributed by atoms with Gasteiger partial charge in [-0.25, -0.2) is 4.39 Å². The van der Waals surface area contributed by atoms with Crippen molar-refractivity contribution in [3.05, 3.63) is 0 Å². The summed E-state index contributed by atoms with van der Waals surface area (Å²) in [6.45, 7) is -1.01. The minimum Gasteiger partial charge on any atom is -0.394 e. The van der Waals surface area contributed by atoms with E-state index in [4.69, 9.17) is 25.5 Å². The van der Waals surface area contributed by atoms with Gasteiger partial charge in [-0.1, -0.05) is 0 Å². The van der Waals surface area contributed by atoms with Crippen LogP contribution in [0.15, 0.2) is 0 Å². The topological polar surface area (TPSA) is 118 Å². The van der Waals surface area contributed by atoms with Crippen molar-refractivity contribution in [3.63, 3.8) is 0 Å². The van der Waals surface area contributed by atoms with Crippen LogP contribution in [0.5, 0.6) is 0 Å². The number of aliphatic hydroxyl groups is 5. The van der Waals surface area contributed by atoms with Gasteiger partial charge in [0.25, 0.3) is 5.85 Å². The fraction of sp³-hybridized carbons (Fsp3) is 0.833. The molecule has 0 aliphatic rings. The summed E-state index contributed by atoms with van der Waals surface area (Å²) in [6, 6.07) is 0. The van der Waals surface area contributed by atoms with Crippen LogP contribution in [0.3, 0.4) is 0 Å². The van der Waals surface area contributed by atoms with Crippen LogP contribution in [0, 0.1) is 0 Å². The highest BCUT2D eigenvalue weighted by atomic mass is 19.2. The second-order valence-electron chi connectivity index (χ2n) is 2.50. The van der Waals surface area contributed by atoms with Gasteiger partial charge in [0.1, 0.15) is 12.2 Å². The van der Waals surface area contributed by atoms with Gasteiger partial charge in [-0.2, -0.15) is 0 Å². The molecule has 0 bridgehead atoms. The average molecular weight is 198 g/mol. The number of carbonyl (C=O) groups excluding carboxylic acids is 1. The quantitative estimate of drug-likeness (QED) is 0.299. The second-order valence-corrected chi connectivity index (χ2v) is 2.50. The Balaban J connectivity index is 4.51. The zero-order valence-electron chi connectivity index (χ0n) is 6.54. The van der Waals surface area contributed by atoms with Crippen molar-refractivity contribution in [1.29, 1.82) is 0 Å². The van der Waals surface area contributed by atoms with E-state index < -0.39 is 30.8 Å². The van der Waals surface area contributed by atoms with E-state index in [0.29, 0.717) is 0 Å². The van der Waals surface area contributed by atoms with Crippen molar-refractivity contribution >= 4 is 6.29 Å². The molecule has 0 fully saturated rings. The standard InChI is InChI=1S/C6H11FO6/c7-6(13,4(11)2-9)5(12)3(10)1-8/h2-5,8,10-13H,1H2. The summed E-state index contributed by atoms with van der Waals surface area (Å²) in [4.78, 5) is 9.86. The molecular formula is C6H11FO6. The molecule has 78 valence electrons. The Morgan fingerprint density at radius 1 is 1.38 bits per heavy atom. The molecule has 6 nitrogen and oxygen atoms in total. The van der Waals surface area contributed by atoms with Crippen molar-refractivity contribution in [3.8, 4) is 0 Å². The smallest absolute Gasteiger partial charge is 0.268 e. The van der Waals surface area contributed by atoms with E-state index in [1.165, 1.54) is 0 Å². The normalized spacial score (nSPS) is 22.9. The first kappa shape index (κ1) is 12.4. The van der Waals surface area contributed by atoms with Crippen LogP contribution in [0.25, 0.3) is 0 Å². The molecule has 0 aliphatic carbocycles. The number of aldehydes is 1. The van der Waals surface area contributed by atoms with E-state index in [1.807, 2.05) is 0 Å². The first-order valence-corrected chi connectivity index (χ1v) is 3.39. The van der Waals surface area contributed by atoms with Gasteiger partial charge in [0, 0.05) is 0 Å². The number of hydrogen-bond donors (Lipinski definition) is 5. The maximum Gasteiger partial charge on any atom is 0.268 e. The third kappa shape index (κ3) is 2.68. The molecule has 0 aromatic heterocycles. The van der Waals surface area contributed by atoms with Gasteiger partial charge in [0.05, 0.1) is 6.61 Å². The predicted molar refractivity (Wildman–Crippen MR) is 37.2 cm³/mol. The summed E-state index contributed by atoms with van der Waals surface area (Å²) in [5.74, 6) is -3.68. The molecule has 0 spiro atoms. The van der Waals surface area contributed by atoms with E-state index in [-0.39, 0.29) is 6.29 Å². The fourth-order valence-corrected chi connectivity index (χ4v) is 0.640. The van der Waals surface area contributed by atoms with Crippen LogP contribution >= 0.6 is 0 Å². The van der Waals surface area contributed by atoms with Crippen molar-refractivity contribution in [2.45, 2.75) is 24.2 Å². The average Bonchev–Trinajstić information content (AvgIpc) is 2.13. The van der Waals surface area contributed by atoms with Crippen molar-refractivity contribution in [1.82, 2.24) is 0 Å². The predicted octanol–water partition coefficient (Wildman–Crippen LogP) is -3.08. The first-order valence-electron chi connectivity index (χ1n) is 3.39. The molecule has 4 atom stereocenters. The van der Waals surface area contributed by atoms with Crippen molar-refractivity contribution in [2.24, 2.45) is 0 Å². The molecule has 4 unspecified atom stereocenters. The third-order valence-corrected chi connectivity index (χ3v) is 1.51. The molecule has 0 amide bonds. The summed E-state index contributed by atoms with van der Waals surface area (Å²) in [5, 5.41) is 43.0. The summed E-state index contributed by atoms with van der Waals surface area (Å²) >= 11 is 0. The number of alkyl halides is 1. The lowest BCUT2D eigenvalue weighted by molar-refractivity contribution is -0.242.